The number of nitrogens with one attached hydrogen (secondary N) is 1. The third kappa shape index (κ3) is 2.82. The molecule has 2 heterocycles. The fourth-order valence-corrected chi connectivity index (χ4v) is 3.46. The molecule has 118 valence electrons. The quantitative estimate of drug-likeness (QED) is 0.807. The molecule has 6 heteroatoms. The van der Waals surface area contributed by atoms with Gasteiger partial charge in [-0.05, 0) is 65.1 Å². The minimum Gasteiger partial charge on any atom is -0.316 e. The maximum atomic E-state index is 13.4. The summed E-state index contributed by atoms with van der Waals surface area (Å²) < 4.78 is 13.4. The van der Waals surface area contributed by atoms with Gasteiger partial charge >= 0.3 is 0 Å². The van der Waals surface area contributed by atoms with Gasteiger partial charge in [-0.3, -0.25) is 0 Å². The Morgan fingerprint density at radius 2 is 2.04 bits per heavy atom. The number of rotatable bonds is 3. The molecule has 0 aliphatic carbocycles. The van der Waals surface area contributed by atoms with Crippen molar-refractivity contribution in [1.29, 1.82) is 0 Å². The molecule has 23 heavy (non-hydrogen) atoms. The SMILES string of the molecule is Fc1ccc2cc(C([C@H]3CCCNC3)n3ncnn3)ccc2c1. The van der Waals surface area contributed by atoms with E-state index in [0.717, 1.165) is 42.3 Å². The van der Waals surface area contributed by atoms with Crippen molar-refractivity contribution < 1.29 is 4.39 Å². The molecular weight excluding hydrogens is 293 g/mol. The topological polar surface area (TPSA) is 55.6 Å². The van der Waals surface area contributed by atoms with E-state index in [0.29, 0.717) is 5.92 Å². The Balaban J connectivity index is 1.77. The molecule has 2 atom stereocenters. The minimum absolute atomic E-state index is 0.0414. The van der Waals surface area contributed by atoms with E-state index in [-0.39, 0.29) is 11.9 Å². The van der Waals surface area contributed by atoms with E-state index in [9.17, 15) is 4.39 Å². The molecule has 2 aromatic carbocycles. The number of nitrogens with zero attached hydrogens (tertiary/aromatic N) is 4. The van der Waals surface area contributed by atoms with Crippen molar-refractivity contribution in [3.8, 4) is 0 Å². The summed E-state index contributed by atoms with van der Waals surface area (Å²) in [4.78, 5) is 1.70. The number of hydrogen-bond donors (Lipinski definition) is 1. The van der Waals surface area contributed by atoms with Crippen LogP contribution in [0.3, 0.4) is 0 Å². The van der Waals surface area contributed by atoms with E-state index in [1.165, 1.54) is 12.4 Å². The van der Waals surface area contributed by atoms with Crippen LogP contribution >= 0.6 is 0 Å². The van der Waals surface area contributed by atoms with Gasteiger partial charge in [0.15, 0.2) is 6.33 Å². The largest absolute Gasteiger partial charge is 0.316 e. The summed E-state index contributed by atoms with van der Waals surface area (Å²) in [5.74, 6) is 0.201. The average molecular weight is 311 g/mol. The fraction of sp³-hybridized carbons (Fsp3) is 0.353. The van der Waals surface area contributed by atoms with Crippen LogP contribution in [0.25, 0.3) is 10.8 Å². The van der Waals surface area contributed by atoms with Gasteiger partial charge in [-0.1, -0.05) is 18.2 Å². The van der Waals surface area contributed by atoms with Crippen LogP contribution < -0.4 is 5.32 Å². The summed E-state index contributed by atoms with van der Waals surface area (Å²) in [6, 6.07) is 11.0. The van der Waals surface area contributed by atoms with Crippen LogP contribution in [0, 0.1) is 11.7 Å². The summed E-state index contributed by atoms with van der Waals surface area (Å²) in [7, 11) is 0. The van der Waals surface area contributed by atoms with Crippen LogP contribution in [0.5, 0.6) is 0 Å². The molecule has 4 rings (SSSR count). The molecule has 1 aliphatic heterocycles. The first kappa shape index (κ1) is 14.3. The first-order chi connectivity index (χ1) is 11.3. The van der Waals surface area contributed by atoms with Gasteiger partial charge in [-0.25, -0.2) is 4.39 Å². The lowest BCUT2D eigenvalue weighted by Gasteiger charge is -2.30. The van der Waals surface area contributed by atoms with E-state index in [1.54, 1.807) is 10.9 Å². The highest BCUT2D eigenvalue weighted by Gasteiger charge is 2.28. The number of piperidine rings is 1. The Morgan fingerprint density at radius 3 is 2.83 bits per heavy atom. The molecule has 0 spiro atoms. The smallest absolute Gasteiger partial charge is 0.162 e. The highest BCUT2D eigenvalue weighted by Crippen LogP contribution is 2.31. The van der Waals surface area contributed by atoms with Crippen LogP contribution in [0.15, 0.2) is 42.7 Å². The highest BCUT2D eigenvalue weighted by molar-refractivity contribution is 5.83. The van der Waals surface area contributed by atoms with Gasteiger partial charge < -0.3 is 5.32 Å². The second-order valence-electron chi connectivity index (χ2n) is 6.06. The number of halogens is 1. The van der Waals surface area contributed by atoms with Crippen LogP contribution in [-0.2, 0) is 0 Å². The number of aromatic nitrogens is 4. The van der Waals surface area contributed by atoms with E-state index in [4.69, 9.17) is 0 Å². The van der Waals surface area contributed by atoms with Crippen molar-refractivity contribution >= 4 is 10.8 Å². The Morgan fingerprint density at radius 1 is 1.17 bits per heavy atom. The normalized spacial score (nSPS) is 19.8. The Bertz CT molecular complexity index is 796. The zero-order valence-electron chi connectivity index (χ0n) is 12.7. The maximum Gasteiger partial charge on any atom is 0.162 e. The highest BCUT2D eigenvalue weighted by atomic mass is 19.1. The zero-order valence-corrected chi connectivity index (χ0v) is 12.7. The van der Waals surface area contributed by atoms with Gasteiger partial charge in [-0.2, -0.15) is 4.80 Å². The standard InChI is InChI=1S/C17H18FN5/c18-16-6-5-12-8-14(4-3-13(12)9-16)17(23-21-11-20-22-23)15-2-1-7-19-10-15/h3-6,8-9,11,15,17,19H,1-2,7,10H2/t15-,17?/m0/s1. The van der Waals surface area contributed by atoms with Gasteiger partial charge in [0.05, 0.1) is 0 Å². The molecule has 0 amide bonds. The third-order valence-electron chi connectivity index (χ3n) is 4.56. The molecule has 1 N–H and O–H groups in total. The molecule has 5 nitrogen and oxygen atoms in total. The van der Waals surface area contributed by atoms with Crippen LogP contribution in [0.4, 0.5) is 4.39 Å². The van der Waals surface area contributed by atoms with Gasteiger partial charge in [0.2, 0.25) is 0 Å². The lowest BCUT2D eigenvalue weighted by Crippen LogP contribution is -2.36. The average Bonchev–Trinajstić information content (AvgIpc) is 3.10. The van der Waals surface area contributed by atoms with Crippen molar-refractivity contribution in [2.75, 3.05) is 13.1 Å². The molecule has 0 saturated carbocycles. The van der Waals surface area contributed by atoms with Crippen molar-refractivity contribution in [1.82, 2.24) is 25.5 Å². The lowest BCUT2D eigenvalue weighted by molar-refractivity contribution is 0.261. The molecule has 1 fully saturated rings. The molecular formula is C17H18FN5. The van der Waals surface area contributed by atoms with Gasteiger partial charge in [0, 0.05) is 6.54 Å². The fourth-order valence-electron chi connectivity index (χ4n) is 3.46. The van der Waals surface area contributed by atoms with Gasteiger partial charge in [-0.15, -0.1) is 10.2 Å². The number of benzene rings is 2. The van der Waals surface area contributed by atoms with E-state index < -0.39 is 0 Å². The number of fused-ring (bicyclic) bond motifs is 1. The second kappa shape index (κ2) is 6.04. The summed E-state index contributed by atoms with van der Waals surface area (Å²) in [5, 5.41) is 17.7. The maximum absolute atomic E-state index is 13.4. The summed E-state index contributed by atoms with van der Waals surface area (Å²) in [5.41, 5.74) is 1.14. The third-order valence-corrected chi connectivity index (χ3v) is 4.56. The molecule has 1 aromatic heterocycles. The predicted molar refractivity (Wildman–Crippen MR) is 85.5 cm³/mol. The molecule has 1 unspecified atom stereocenters. The van der Waals surface area contributed by atoms with Crippen molar-refractivity contribution in [3.63, 3.8) is 0 Å². The number of hydrogen-bond acceptors (Lipinski definition) is 4. The molecule has 3 aromatic rings. The van der Waals surface area contributed by atoms with Crippen molar-refractivity contribution in [2.45, 2.75) is 18.9 Å². The zero-order chi connectivity index (χ0) is 15.6. The minimum atomic E-state index is -0.212. The molecule has 1 saturated heterocycles. The van der Waals surface area contributed by atoms with E-state index in [1.807, 2.05) is 18.2 Å². The Labute approximate surface area is 133 Å². The van der Waals surface area contributed by atoms with Crippen molar-refractivity contribution in [3.05, 3.63) is 54.1 Å². The summed E-state index contributed by atoms with van der Waals surface area (Å²) in [6.45, 7) is 2.00. The Hall–Kier alpha value is -2.34. The second-order valence-corrected chi connectivity index (χ2v) is 6.06. The predicted octanol–water partition coefficient (Wildman–Crippen LogP) is 2.55. The van der Waals surface area contributed by atoms with Crippen molar-refractivity contribution in [2.24, 2.45) is 5.92 Å². The first-order valence-electron chi connectivity index (χ1n) is 7.94. The summed E-state index contributed by atoms with van der Waals surface area (Å²) in [6.07, 6.45) is 3.75. The number of tetrazole rings is 1. The van der Waals surface area contributed by atoms with E-state index >= 15 is 0 Å². The lowest BCUT2D eigenvalue weighted by atomic mass is 9.87. The van der Waals surface area contributed by atoms with Gasteiger partial charge in [0.25, 0.3) is 0 Å². The van der Waals surface area contributed by atoms with Crippen LogP contribution in [0.1, 0.15) is 24.4 Å². The molecule has 0 bridgehead atoms. The first-order valence-corrected chi connectivity index (χ1v) is 7.94. The van der Waals surface area contributed by atoms with Crippen LogP contribution in [0.2, 0.25) is 0 Å². The Kier molecular flexibility index (Phi) is 3.75. The molecule has 0 radical (unpaired) electrons. The van der Waals surface area contributed by atoms with Gasteiger partial charge in [0.1, 0.15) is 11.9 Å². The monoisotopic (exact) mass is 311 g/mol. The van der Waals surface area contributed by atoms with E-state index in [2.05, 4.69) is 26.8 Å². The molecule has 1 aliphatic rings. The summed E-state index contributed by atoms with van der Waals surface area (Å²) >= 11 is 0. The van der Waals surface area contributed by atoms with Crippen LogP contribution in [-0.4, -0.2) is 33.3 Å².